The van der Waals surface area contributed by atoms with Crippen LogP contribution in [0.15, 0.2) is 5.38 Å². The number of nitrogens with zero attached hydrogens (tertiary/aromatic N) is 1. The second kappa shape index (κ2) is 6.35. The maximum atomic E-state index is 5.95. The van der Waals surface area contributed by atoms with Crippen molar-refractivity contribution in [3.63, 3.8) is 0 Å². The first-order valence-electron chi connectivity index (χ1n) is 4.47. The van der Waals surface area contributed by atoms with Gasteiger partial charge in [-0.3, -0.25) is 0 Å². The average Bonchev–Trinajstić information content (AvgIpc) is 2.52. The van der Waals surface area contributed by atoms with Gasteiger partial charge in [-0.25, -0.2) is 4.98 Å². The summed E-state index contributed by atoms with van der Waals surface area (Å²) in [6.45, 7) is 4.09. The van der Waals surface area contributed by atoms with Crippen molar-refractivity contribution in [3.05, 3.63) is 16.1 Å². The zero-order valence-electron chi connectivity index (χ0n) is 8.42. The van der Waals surface area contributed by atoms with Gasteiger partial charge in [0.25, 0.3) is 0 Å². The molecule has 0 aliphatic carbocycles. The summed E-state index contributed by atoms with van der Waals surface area (Å²) in [5, 5.41) is 6.42. The number of halogens is 1. The van der Waals surface area contributed by atoms with E-state index in [1.807, 2.05) is 6.92 Å². The Morgan fingerprint density at radius 2 is 2.50 bits per heavy atom. The predicted molar refractivity (Wildman–Crippen MR) is 60.1 cm³/mol. The molecule has 0 saturated heterocycles. The van der Waals surface area contributed by atoms with E-state index in [0.717, 1.165) is 23.8 Å². The number of aryl methyl sites for hydroxylation is 1. The summed E-state index contributed by atoms with van der Waals surface area (Å²) in [5.41, 5.74) is 1.08. The fourth-order valence-electron chi connectivity index (χ4n) is 1.09. The van der Waals surface area contributed by atoms with Gasteiger partial charge in [0, 0.05) is 25.6 Å². The van der Waals surface area contributed by atoms with Crippen LogP contribution in [0.25, 0.3) is 0 Å². The Hall–Kier alpha value is -0.160. The molecule has 80 valence electrons. The van der Waals surface area contributed by atoms with Crippen LogP contribution in [-0.4, -0.2) is 30.6 Å². The summed E-state index contributed by atoms with van der Waals surface area (Å²) in [6.07, 6.45) is 0. The summed E-state index contributed by atoms with van der Waals surface area (Å²) in [4.78, 5) is 4.34. The second-order valence-electron chi connectivity index (χ2n) is 3.04. The van der Waals surface area contributed by atoms with E-state index < -0.39 is 0 Å². The first kappa shape index (κ1) is 11.9. The molecule has 1 unspecified atom stereocenters. The fraction of sp³-hybridized carbons (Fsp3) is 0.667. The second-order valence-corrected chi connectivity index (χ2v) is 4.72. The number of alkyl halides is 1. The first-order chi connectivity index (χ1) is 6.72. The number of rotatable bonds is 6. The SMILES string of the molecule is COCC(Cl)CNCc1csc(C)n1. The summed E-state index contributed by atoms with van der Waals surface area (Å²) in [6, 6.07) is 0. The molecule has 0 bridgehead atoms. The van der Waals surface area contributed by atoms with Crippen molar-refractivity contribution in [2.24, 2.45) is 0 Å². The van der Waals surface area contributed by atoms with E-state index in [1.54, 1.807) is 18.4 Å². The number of ether oxygens (including phenoxy) is 1. The van der Waals surface area contributed by atoms with Gasteiger partial charge in [0.05, 0.1) is 22.7 Å². The van der Waals surface area contributed by atoms with Crippen LogP contribution >= 0.6 is 22.9 Å². The molecule has 1 aromatic rings. The number of methoxy groups -OCH3 is 1. The van der Waals surface area contributed by atoms with E-state index in [9.17, 15) is 0 Å². The minimum absolute atomic E-state index is 0.0275. The molecule has 1 rings (SSSR count). The summed E-state index contributed by atoms with van der Waals surface area (Å²) >= 11 is 7.61. The van der Waals surface area contributed by atoms with Crippen molar-refractivity contribution in [3.8, 4) is 0 Å². The van der Waals surface area contributed by atoms with E-state index in [1.165, 1.54) is 0 Å². The van der Waals surface area contributed by atoms with Crippen LogP contribution in [0, 0.1) is 6.92 Å². The highest BCUT2D eigenvalue weighted by Crippen LogP contribution is 2.07. The Morgan fingerprint density at radius 3 is 3.07 bits per heavy atom. The Bertz CT molecular complexity index is 267. The number of nitrogens with one attached hydrogen (secondary N) is 1. The molecule has 0 aliphatic heterocycles. The summed E-state index contributed by atoms with van der Waals surface area (Å²) in [7, 11) is 1.65. The van der Waals surface area contributed by atoms with Crippen molar-refractivity contribution >= 4 is 22.9 Å². The van der Waals surface area contributed by atoms with E-state index in [-0.39, 0.29) is 5.38 Å². The van der Waals surface area contributed by atoms with Gasteiger partial charge < -0.3 is 10.1 Å². The van der Waals surface area contributed by atoms with Crippen LogP contribution in [-0.2, 0) is 11.3 Å². The standard InChI is InChI=1S/C9H15ClN2OS/c1-7-12-9(6-14-7)4-11-3-8(10)5-13-2/h6,8,11H,3-5H2,1-2H3. The average molecular weight is 235 g/mol. The van der Waals surface area contributed by atoms with E-state index in [4.69, 9.17) is 16.3 Å². The van der Waals surface area contributed by atoms with Crippen LogP contribution in [0.1, 0.15) is 10.7 Å². The van der Waals surface area contributed by atoms with Crippen molar-refractivity contribution < 1.29 is 4.74 Å². The lowest BCUT2D eigenvalue weighted by atomic mass is 10.4. The molecule has 1 atom stereocenters. The highest BCUT2D eigenvalue weighted by atomic mass is 35.5. The largest absolute Gasteiger partial charge is 0.383 e. The van der Waals surface area contributed by atoms with Crippen LogP contribution in [0.5, 0.6) is 0 Å². The van der Waals surface area contributed by atoms with Crippen molar-refractivity contribution in [1.82, 2.24) is 10.3 Å². The molecule has 0 aliphatic rings. The molecule has 1 heterocycles. The normalized spacial score (nSPS) is 13.1. The third-order valence-corrected chi connectivity index (χ3v) is 2.79. The number of hydrogen-bond acceptors (Lipinski definition) is 4. The zero-order valence-corrected chi connectivity index (χ0v) is 9.99. The molecule has 14 heavy (non-hydrogen) atoms. The van der Waals surface area contributed by atoms with Crippen LogP contribution < -0.4 is 5.32 Å². The van der Waals surface area contributed by atoms with Gasteiger partial charge in [-0.05, 0) is 6.92 Å². The molecule has 0 aromatic carbocycles. The van der Waals surface area contributed by atoms with Gasteiger partial charge in [0.15, 0.2) is 0 Å². The van der Waals surface area contributed by atoms with Crippen LogP contribution in [0.2, 0.25) is 0 Å². The molecule has 0 spiro atoms. The monoisotopic (exact) mass is 234 g/mol. The van der Waals surface area contributed by atoms with E-state index >= 15 is 0 Å². The Balaban J connectivity index is 2.15. The Morgan fingerprint density at radius 1 is 1.71 bits per heavy atom. The maximum absolute atomic E-state index is 5.95. The van der Waals surface area contributed by atoms with Gasteiger partial charge in [-0.2, -0.15) is 0 Å². The van der Waals surface area contributed by atoms with Crippen molar-refractivity contribution in [1.29, 1.82) is 0 Å². The Labute approximate surface area is 93.4 Å². The molecule has 0 amide bonds. The molecule has 3 nitrogen and oxygen atoms in total. The van der Waals surface area contributed by atoms with Crippen molar-refractivity contribution in [2.75, 3.05) is 20.3 Å². The molecular weight excluding hydrogens is 220 g/mol. The molecule has 1 N–H and O–H groups in total. The summed E-state index contributed by atoms with van der Waals surface area (Å²) in [5.74, 6) is 0. The number of thiazole rings is 1. The van der Waals surface area contributed by atoms with Crippen LogP contribution in [0.3, 0.4) is 0 Å². The first-order valence-corrected chi connectivity index (χ1v) is 5.78. The Kier molecular flexibility index (Phi) is 5.40. The fourth-order valence-corrected chi connectivity index (χ4v) is 1.93. The smallest absolute Gasteiger partial charge is 0.0897 e. The predicted octanol–water partition coefficient (Wildman–Crippen LogP) is 1.79. The topological polar surface area (TPSA) is 34.1 Å². The summed E-state index contributed by atoms with van der Waals surface area (Å²) < 4.78 is 4.92. The molecule has 5 heteroatoms. The minimum Gasteiger partial charge on any atom is -0.383 e. The maximum Gasteiger partial charge on any atom is 0.0897 e. The zero-order chi connectivity index (χ0) is 10.4. The highest BCUT2D eigenvalue weighted by molar-refractivity contribution is 7.09. The van der Waals surface area contributed by atoms with E-state index in [0.29, 0.717) is 6.61 Å². The third kappa shape index (κ3) is 4.37. The molecule has 0 radical (unpaired) electrons. The van der Waals surface area contributed by atoms with Crippen LogP contribution in [0.4, 0.5) is 0 Å². The lowest BCUT2D eigenvalue weighted by Crippen LogP contribution is -2.25. The molecular formula is C9H15ClN2OS. The van der Waals surface area contributed by atoms with Crippen molar-refractivity contribution in [2.45, 2.75) is 18.8 Å². The van der Waals surface area contributed by atoms with E-state index in [2.05, 4.69) is 15.7 Å². The van der Waals surface area contributed by atoms with Gasteiger partial charge >= 0.3 is 0 Å². The molecule has 0 saturated carbocycles. The van der Waals surface area contributed by atoms with Gasteiger partial charge in [0.1, 0.15) is 0 Å². The lowest BCUT2D eigenvalue weighted by Gasteiger charge is -2.08. The molecule has 1 aromatic heterocycles. The lowest BCUT2D eigenvalue weighted by molar-refractivity contribution is 0.197. The third-order valence-electron chi connectivity index (χ3n) is 1.69. The minimum atomic E-state index is 0.0275. The highest BCUT2D eigenvalue weighted by Gasteiger charge is 2.03. The van der Waals surface area contributed by atoms with Gasteiger partial charge in [-0.15, -0.1) is 22.9 Å². The quantitative estimate of drug-likeness (QED) is 0.763. The van der Waals surface area contributed by atoms with Gasteiger partial charge in [0.2, 0.25) is 0 Å². The molecule has 0 fully saturated rings. The van der Waals surface area contributed by atoms with Gasteiger partial charge in [-0.1, -0.05) is 0 Å². The number of hydrogen-bond donors (Lipinski definition) is 1. The number of aromatic nitrogens is 1.